The van der Waals surface area contributed by atoms with E-state index in [0.717, 1.165) is 77.0 Å². The molecule has 0 radical (unpaired) electrons. The van der Waals surface area contributed by atoms with Crippen LogP contribution in [0.4, 0.5) is 0 Å². The van der Waals surface area contributed by atoms with Crippen molar-refractivity contribution in [3.05, 3.63) is 85.1 Å². The molecular formula is C45H76NO8P. The number of rotatable bonds is 38. The van der Waals surface area contributed by atoms with E-state index in [1.165, 1.54) is 38.5 Å². The van der Waals surface area contributed by atoms with Crippen LogP contribution in [0.15, 0.2) is 85.1 Å². The first kappa shape index (κ1) is 52.2. The third-order valence-corrected chi connectivity index (χ3v) is 9.25. The second-order valence-corrected chi connectivity index (χ2v) is 14.9. The van der Waals surface area contributed by atoms with E-state index in [2.05, 4.69) is 98.9 Å². The number of carbonyl (C=O) groups is 2. The van der Waals surface area contributed by atoms with Crippen LogP contribution in [-0.2, 0) is 32.7 Å². The number of carbonyl (C=O) groups excluding carboxylic acids is 2. The Bertz CT molecular complexity index is 1170. The maximum Gasteiger partial charge on any atom is 0.472 e. The predicted molar refractivity (Wildman–Crippen MR) is 229 cm³/mol. The molecule has 0 aromatic rings. The van der Waals surface area contributed by atoms with Crippen molar-refractivity contribution in [2.75, 3.05) is 26.4 Å². The zero-order chi connectivity index (χ0) is 40.3. The molecule has 2 atom stereocenters. The highest BCUT2D eigenvalue weighted by Gasteiger charge is 2.25. The second kappa shape index (κ2) is 40.8. The molecule has 10 heteroatoms. The maximum absolute atomic E-state index is 12.6. The minimum absolute atomic E-state index is 0.0389. The summed E-state index contributed by atoms with van der Waals surface area (Å²) in [6, 6.07) is 0. The minimum Gasteiger partial charge on any atom is -0.462 e. The van der Waals surface area contributed by atoms with Gasteiger partial charge in [-0.3, -0.25) is 18.6 Å². The van der Waals surface area contributed by atoms with Gasteiger partial charge in [0, 0.05) is 19.4 Å². The average molecular weight is 790 g/mol. The number of ether oxygens (including phenoxy) is 2. The predicted octanol–water partition coefficient (Wildman–Crippen LogP) is 12.0. The summed E-state index contributed by atoms with van der Waals surface area (Å²) in [5, 5.41) is 0. The zero-order valence-corrected chi connectivity index (χ0v) is 35.3. The fourth-order valence-electron chi connectivity index (χ4n) is 5.16. The Hall–Kier alpha value is -2.81. The Labute approximate surface area is 334 Å². The van der Waals surface area contributed by atoms with E-state index in [9.17, 15) is 19.0 Å². The lowest BCUT2D eigenvalue weighted by molar-refractivity contribution is -0.161. The van der Waals surface area contributed by atoms with Crippen molar-refractivity contribution in [2.24, 2.45) is 5.73 Å². The van der Waals surface area contributed by atoms with Gasteiger partial charge >= 0.3 is 19.8 Å². The number of phosphoric acid groups is 1. The van der Waals surface area contributed by atoms with Crippen molar-refractivity contribution >= 4 is 19.8 Å². The highest BCUT2D eigenvalue weighted by molar-refractivity contribution is 7.47. The summed E-state index contributed by atoms with van der Waals surface area (Å²) in [5.41, 5.74) is 5.34. The van der Waals surface area contributed by atoms with E-state index in [1.807, 2.05) is 0 Å². The minimum atomic E-state index is -4.40. The van der Waals surface area contributed by atoms with Crippen molar-refractivity contribution in [2.45, 2.75) is 161 Å². The van der Waals surface area contributed by atoms with E-state index in [4.69, 9.17) is 24.3 Å². The third kappa shape index (κ3) is 40.7. The fraction of sp³-hybridized carbons (Fsp3) is 0.644. The molecule has 55 heavy (non-hydrogen) atoms. The summed E-state index contributed by atoms with van der Waals surface area (Å²) >= 11 is 0. The number of hydrogen-bond acceptors (Lipinski definition) is 8. The van der Waals surface area contributed by atoms with Gasteiger partial charge in [-0.1, -0.05) is 137 Å². The molecule has 0 aromatic carbocycles. The van der Waals surface area contributed by atoms with Gasteiger partial charge in [0.05, 0.1) is 13.2 Å². The number of phosphoric ester groups is 1. The smallest absolute Gasteiger partial charge is 0.462 e. The number of esters is 2. The lowest BCUT2D eigenvalue weighted by Crippen LogP contribution is -2.29. The summed E-state index contributed by atoms with van der Waals surface area (Å²) in [6.45, 7) is 3.51. The summed E-state index contributed by atoms with van der Waals surface area (Å²) in [7, 11) is -4.40. The van der Waals surface area contributed by atoms with Crippen molar-refractivity contribution < 1.29 is 37.6 Å². The van der Waals surface area contributed by atoms with E-state index in [1.54, 1.807) is 0 Å². The Morgan fingerprint density at radius 1 is 0.564 bits per heavy atom. The van der Waals surface area contributed by atoms with Crippen molar-refractivity contribution in [1.29, 1.82) is 0 Å². The fourth-order valence-corrected chi connectivity index (χ4v) is 5.92. The summed E-state index contributed by atoms with van der Waals surface area (Å²) < 4.78 is 32.7. The molecule has 3 N–H and O–H groups in total. The van der Waals surface area contributed by atoms with Gasteiger partial charge in [0.2, 0.25) is 0 Å². The van der Waals surface area contributed by atoms with E-state index < -0.39 is 32.5 Å². The molecule has 9 nitrogen and oxygen atoms in total. The van der Waals surface area contributed by atoms with E-state index in [-0.39, 0.29) is 32.6 Å². The molecule has 0 saturated carbocycles. The van der Waals surface area contributed by atoms with Crippen LogP contribution in [-0.4, -0.2) is 49.3 Å². The third-order valence-electron chi connectivity index (χ3n) is 8.27. The molecule has 0 amide bonds. The molecule has 0 spiro atoms. The van der Waals surface area contributed by atoms with Crippen LogP contribution in [0.2, 0.25) is 0 Å². The SMILES string of the molecule is CC/C=C/C/C=C/C/C=C/C/C=C/C/C=C/CCCCCC(=O)O[C@H](COC(=O)CCCC/C=C/C/C=C/CCCCCCCC)COP(=O)(O)OCCN. The molecule has 0 aliphatic heterocycles. The van der Waals surface area contributed by atoms with Gasteiger partial charge in [-0.2, -0.15) is 0 Å². The van der Waals surface area contributed by atoms with Crippen LogP contribution in [0.5, 0.6) is 0 Å². The monoisotopic (exact) mass is 790 g/mol. The molecule has 0 rings (SSSR count). The van der Waals surface area contributed by atoms with Gasteiger partial charge in [-0.15, -0.1) is 0 Å². The topological polar surface area (TPSA) is 134 Å². The molecule has 0 aliphatic rings. The first-order chi connectivity index (χ1) is 26.8. The van der Waals surface area contributed by atoms with Gasteiger partial charge in [-0.05, 0) is 89.9 Å². The molecule has 0 aromatic heterocycles. The molecule has 0 fully saturated rings. The van der Waals surface area contributed by atoms with Crippen LogP contribution in [0.1, 0.15) is 155 Å². The number of nitrogens with two attached hydrogens (primary N) is 1. The van der Waals surface area contributed by atoms with Gasteiger partial charge < -0.3 is 20.1 Å². The highest BCUT2D eigenvalue weighted by Crippen LogP contribution is 2.43. The summed E-state index contributed by atoms with van der Waals surface area (Å²) in [6.07, 6.45) is 50.4. The second-order valence-electron chi connectivity index (χ2n) is 13.5. The van der Waals surface area contributed by atoms with Gasteiger partial charge in [-0.25, -0.2) is 4.57 Å². The number of hydrogen-bond donors (Lipinski definition) is 2. The van der Waals surface area contributed by atoms with Gasteiger partial charge in [0.25, 0.3) is 0 Å². The van der Waals surface area contributed by atoms with E-state index >= 15 is 0 Å². The van der Waals surface area contributed by atoms with Crippen LogP contribution in [0.25, 0.3) is 0 Å². The molecule has 0 bridgehead atoms. The molecule has 0 aliphatic carbocycles. The van der Waals surface area contributed by atoms with Crippen LogP contribution < -0.4 is 5.73 Å². The van der Waals surface area contributed by atoms with E-state index in [0.29, 0.717) is 12.8 Å². The van der Waals surface area contributed by atoms with Crippen molar-refractivity contribution in [1.82, 2.24) is 0 Å². The molecule has 1 unspecified atom stereocenters. The Morgan fingerprint density at radius 2 is 1.00 bits per heavy atom. The van der Waals surface area contributed by atoms with Crippen LogP contribution in [0.3, 0.4) is 0 Å². The van der Waals surface area contributed by atoms with Gasteiger partial charge in [0.1, 0.15) is 6.61 Å². The lowest BCUT2D eigenvalue weighted by atomic mass is 10.1. The Balaban J connectivity index is 4.31. The van der Waals surface area contributed by atoms with Crippen molar-refractivity contribution in [3.8, 4) is 0 Å². The average Bonchev–Trinajstić information content (AvgIpc) is 3.17. The van der Waals surface area contributed by atoms with Crippen LogP contribution in [0, 0.1) is 0 Å². The maximum atomic E-state index is 12.6. The number of unbranched alkanes of at least 4 members (excludes halogenated alkanes) is 11. The first-order valence-corrected chi connectivity index (χ1v) is 22.6. The molecular weight excluding hydrogens is 713 g/mol. The molecule has 0 heterocycles. The van der Waals surface area contributed by atoms with Crippen molar-refractivity contribution in [3.63, 3.8) is 0 Å². The van der Waals surface area contributed by atoms with Gasteiger partial charge in [0.15, 0.2) is 6.10 Å². The first-order valence-electron chi connectivity index (χ1n) is 21.1. The normalized spacial score (nSPS) is 14.2. The Kier molecular flexibility index (Phi) is 38.8. The molecule has 0 saturated heterocycles. The largest absolute Gasteiger partial charge is 0.472 e. The number of allylic oxidation sites excluding steroid dienone is 14. The zero-order valence-electron chi connectivity index (χ0n) is 34.4. The standard InChI is InChI=1S/C45H76NO8P/c1-3-5-7-9-11-13-15-17-19-20-21-22-24-26-28-30-32-34-36-38-45(48)54-43(42-53-55(49,50)52-40-39-46)41-51-44(47)37-35-33-31-29-27-25-23-18-16-14-12-10-8-6-4-2/h5,7,11,13,17-19,21-23,26-29,43H,3-4,6,8-10,12,14-16,20,24-25,30-42,46H2,1-2H3,(H,49,50)/b7-5+,13-11+,19-17+,22-21+,23-18+,28-26+,29-27+/t43-/m1/s1. The molecule has 314 valence electrons. The summed E-state index contributed by atoms with van der Waals surface area (Å²) in [5.74, 6) is -0.913. The van der Waals surface area contributed by atoms with Crippen LogP contribution >= 0.6 is 7.82 Å². The highest BCUT2D eigenvalue weighted by atomic mass is 31.2. The Morgan fingerprint density at radius 3 is 1.53 bits per heavy atom. The lowest BCUT2D eigenvalue weighted by Gasteiger charge is -2.19. The summed E-state index contributed by atoms with van der Waals surface area (Å²) in [4.78, 5) is 34.8. The quantitative estimate of drug-likeness (QED) is 0.0271.